The predicted octanol–water partition coefficient (Wildman–Crippen LogP) is 2.75. The van der Waals surface area contributed by atoms with Crippen LogP contribution in [-0.2, 0) is 4.74 Å². The van der Waals surface area contributed by atoms with Crippen LogP contribution < -0.4 is 5.73 Å². The summed E-state index contributed by atoms with van der Waals surface area (Å²) in [6.07, 6.45) is 0.384. The van der Waals surface area contributed by atoms with Crippen LogP contribution in [0.15, 0.2) is 24.3 Å². The van der Waals surface area contributed by atoms with Gasteiger partial charge in [-0.15, -0.1) is 0 Å². The maximum absolute atomic E-state index is 9.89. The standard InChI is InChI=1S/C14H23NO2/c1-14(2,3)7-8-17-10-13(16)11-5-4-6-12(15)9-11/h4-6,9,13,16H,7-8,10,15H2,1-3H3. The van der Waals surface area contributed by atoms with E-state index in [1.54, 1.807) is 12.1 Å². The molecule has 0 saturated carbocycles. The zero-order valence-corrected chi connectivity index (χ0v) is 10.9. The van der Waals surface area contributed by atoms with Crippen molar-refractivity contribution in [3.63, 3.8) is 0 Å². The van der Waals surface area contributed by atoms with Gasteiger partial charge in [-0.2, -0.15) is 0 Å². The molecule has 0 amide bonds. The molecule has 3 heteroatoms. The Morgan fingerprint density at radius 3 is 2.65 bits per heavy atom. The smallest absolute Gasteiger partial charge is 0.102 e. The van der Waals surface area contributed by atoms with Crippen molar-refractivity contribution >= 4 is 5.69 Å². The van der Waals surface area contributed by atoms with Gasteiger partial charge in [0.2, 0.25) is 0 Å². The fourth-order valence-corrected chi connectivity index (χ4v) is 1.44. The first-order valence-electron chi connectivity index (χ1n) is 6.00. The fourth-order valence-electron chi connectivity index (χ4n) is 1.44. The zero-order valence-electron chi connectivity index (χ0n) is 10.9. The Morgan fingerprint density at radius 1 is 1.35 bits per heavy atom. The number of aliphatic hydroxyl groups is 1. The summed E-state index contributed by atoms with van der Waals surface area (Å²) in [4.78, 5) is 0. The molecule has 0 bridgehead atoms. The molecule has 0 spiro atoms. The van der Waals surface area contributed by atoms with E-state index in [0.29, 0.717) is 18.9 Å². The lowest BCUT2D eigenvalue weighted by Gasteiger charge is -2.18. The number of aliphatic hydroxyl groups excluding tert-OH is 1. The summed E-state index contributed by atoms with van der Waals surface area (Å²) in [6.45, 7) is 7.50. The van der Waals surface area contributed by atoms with Gasteiger partial charge in [0.15, 0.2) is 0 Å². The minimum Gasteiger partial charge on any atom is -0.399 e. The molecule has 0 aromatic heterocycles. The monoisotopic (exact) mass is 237 g/mol. The van der Waals surface area contributed by atoms with Gasteiger partial charge in [-0.05, 0) is 29.5 Å². The second-order valence-electron chi connectivity index (χ2n) is 5.57. The van der Waals surface area contributed by atoms with Crippen molar-refractivity contribution in [3.05, 3.63) is 29.8 Å². The lowest BCUT2D eigenvalue weighted by molar-refractivity contribution is 0.0263. The number of anilines is 1. The zero-order chi connectivity index (χ0) is 12.9. The van der Waals surface area contributed by atoms with Crippen LogP contribution in [0.1, 0.15) is 38.9 Å². The van der Waals surface area contributed by atoms with Gasteiger partial charge >= 0.3 is 0 Å². The number of nitrogen functional groups attached to an aromatic ring is 1. The minimum atomic E-state index is -0.599. The van der Waals surface area contributed by atoms with E-state index >= 15 is 0 Å². The number of ether oxygens (including phenoxy) is 1. The third-order valence-electron chi connectivity index (χ3n) is 2.57. The maximum Gasteiger partial charge on any atom is 0.102 e. The van der Waals surface area contributed by atoms with Crippen molar-refractivity contribution in [1.29, 1.82) is 0 Å². The first-order chi connectivity index (χ1) is 7.88. The highest BCUT2D eigenvalue weighted by molar-refractivity contribution is 5.41. The predicted molar refractivity (Wildman–Crippen MR) is 70.7 cm³/mol. The Balaban J connectivity index is 2.33. The van der Waals surface area contributed by atoms with E-state index in [-0.39, 0.29) is 5.41 Å². The average molecular weight is 237 g/mol. The Kier molecular flexibility index (Phi) is 4.97. The summed E-state index contributed by atoms with van der Waals surface area (Å²) in [5.41, 5.74) is 7.39. The van der Waals surface area contributed by atoms with Crippen molar-refractivity contribution < 1.29 is 9.84 Å². The van der Waals surface area contributed by atoms with Gasteiger partial charge < -0.3 is 15.6 Å². The van der Waals surface area contributed by atoms with Crippen LogP contribution in [0, 0.1) is 5.41 Å². The van der Waals surface area contributed by atoms with Gasteiger partial charge in [0.05, 0.1) is 6.61 Å². The fraction of sp³-hybridized carbons (Fsp3) is 0.571. The quantitative estimate of drug-likeness (QED) is 0.611. The lowest BCUT2D eigenvalue weighted by Crippen LogP contribution is -2.13. The number of benzene rings is 1. The molecule has 1 unspecified atom stereocenters. The number of rotatable bonds is 5. The first kappa shape index (κ1) is 14.0. The van der Waals surface area contributed by atoms with Crippen molar-refractivity contribution in [1.82, 2.24) is 0 Å². The molecule has 3 nitrogen and oxygen atoms in total. The third kappa shape index (κ3) is 5.71. The molecule has 96 valence electrons. The van der Waals surface area contributed by atoms with Gasteiger partial charge in [0.1, 0.15) is 6.10 Å². The molecule has 0 radical (unpaired) electrons. The summed E-state index contributed by atoms with van der Waals surface area (Å²) in [6, 6.07) is 7.27. The molecule has 1 rings (SSSR count). The van der Waals surface area contributed by atoms with Gasteiger partial charge in [-0.25, -0.2) is 0 Å². The molecule has 0 heterocycles. The molecule has 1 atom stereocenters. The van der Waals surface area contributed by atoms with Crippen LogP contribution in [0.4, 0.5) is 5.69 Å². The van der Waals surface area contributed by atoms with Gasteiger partial charge in [0.25, 0.3) is 0 Å². The summed E-state index contributed by atoms with van der Waals surface area (Å²) in [5, 5.41) is 9.89. The Morgan fingerprint density at radius 2 is 2.06 bits per heavy atom. The highest BCUT2D eigenvalue weighted by atomic mass is 16.5. The summed E-state index contributed by atoms with van der Waals surface area (Å²) >= 11 is 0. The van der Waals surface area contributed by atoms with Gasteiger partial charge in [-0.3, -0.25) is 0 Å². The number of hydrogen-bond acceptors (Lipinski definition) is 3. The van der Waals surface area contributed by atoms with Crippen LogP contribution in [0.5, 0.6) is 0 Å². The van der Waals surface area contributed by atoms with Crippen LogP contribution >= 0.6 is 0 Å². The maximum atomic E-state index is 9.89. The summed E-state index contributed by atoms with van der Waals surface area (Å²) in [5.74, 6) is 0. The average Bonchev–Trinajstić information content (AvgIpc) is 2.23. The molecule has 3 N–H and O–H groups in total. The molecule has 0 aliphatic heterocycles. The topological polar surface area (TPSA) is 55.5 Å². The lowest BCUT2D eigenvalue weighted by atomic mass is 9.93. The van der Waals surface area contributed by atoms with Crippen molar-refractivity contribution in [2.24, 2.45) is 5.41 Å². The van der Waals surface area contributed by atoms with E-state index in [2.05, 4.69) is 20.8 Å². The molecule has 0 fully saturated rings. The third-order valence-corrected chi connectivity index (χ3v) is 2.57. The SMILES string of the molecule is CC(C)(C)CCOCC(O)c1cccc(N)c1. The highest BCUT2D eigenvalue weighted by Gasteiger charge is 2.11. The van der Waals surface area contributed by atoms with Crippen LogP contribution in [-0.4, -0.2) is 18.3 Å². The molecular formula is C14H23NO2. The second kappa shape index (κ2) is 6.03. The van der Waals surface area contributed by atoms with E-state index in [0.717, 1.165) is 12.0 Å². The largest absolute Gasteiger partial charge is 0.399 e. The molecular weight excluding hydrogens is 214 g/mol. The van der Waals surface area contributed by atoms with Crippen LogP contribution in [0.3, 0.4) is 0 Å². The van der Waals surface area contributed by atoms with E-state index in [1.807, 2.05) is 12.1 Å². The van der Waals surface area contributed by atoms with Crippen molar-refractivity contribution in [3.8, 4) is 0 Å². The highest BCUT2D eigenvalue weighted by Crippen LogP contribution is 2.19. The first-order valence-corrected chi connectivity index (χ1v) is 6.00. The molecule has 1 aromatic carbocycles. The van der Waals surface area contributed by atoms with E-state index < -0.39 is 6.10 Å². The Bertz CT molecular complexity index is 344. The normalized spacial score (nSPS) is 13.6. The van der Waals surface area contributed by atoms with Crippen molar-refractivity contribution in [2.75, 3.05) is 18.9 Å². The van der Waals surface area contributed by atoms with Crippen LogP contribution in [0.2, 0.25) is 0 Å². The van der Waals surface area contributed by atoms with E-state index in [1.165, 1.54) is 0 Å². The Hall–Kier alpha value is -1.06. The van der Waals surface area contributed by atoms with Gasteiger partial charge in [-0.1, -0.05) is 32.9 Å². The number of nitrogens with two attached hydrogens (primary N) is 1. The van der Waals surface area contributed by atoms with E-state index in [9.17, 15) is 5.11 Å². The van der Waals surface area contributed by atoms with Gasteiger partial charge in [0, 0.05) is 12.3 Å². The number of hydrogen-bond donors (Lipinski definition) is 2. The van der Waals surface area contributed by atoms with Crippen LogP contribution in [0.25, 0.3) is 0 Å². The minimum absolute atomic E-state index is 0.266. The molecule has 0 aliphatic rings. The van der Waals surface area contributed by atoms with E-state index in [4.69, 9.17) is 10.5 Å². The Labute approximate surface area is 104 Å². The molecule has 0 aliphatic carbocycles. The van der Waals surface area contributed by atoms with Crippen molar-refractivity contribution in [2.45, 2.75) is 33.3 Å². The molecule has 0 saturated heterocycles. The second-order valence-corrected chi connectivity index (χ2v) is 5.57. The molecule has 17 heavy (non-hydrogen) atoms. The summed E-state index contributed by atoms with van der Waals surface area (Å²) in [7, 11) is 0. The summed E-state index contributed by atoms with van der Waals surface area (Å²) < 4.78 is 5.47. The molecule has 1 aromatic rings.